The lowest BCUT2D eigenvalue weighted by atomic mass is 9.87. The third kappa shape index (κ3) is 5.22. The number of nitrogens with one attached hydrogen (secondary N) is 2. The van der Waals surface area contributed by atoms with Crippen LogP contribution in [-0.2, 0) is 9.59 Å². The second-order valence-corrected chi connectivity index (χ2v) is 7.53. The summed E-state index contributed by atoms with van der Waals surface area (Å²) in [5.74, 6) is 1.23. The van der Waals surface area contributed by atoms with Crippen molar-refractivity contribution in [3.05, 3.63) is 29.8 Å². The predicted octanol–water partition coefficient (Wildman–Crippen LogP) is 2.25. The van der Waals surface area contributed by atoms with Gasteiger partial charge in [0.2, 0.25) is 11.8 Å². The molecule has 1 saturated heterocycles. The topological polar surface area (TPSA) is 70.7 Å². The van der Waals surface area contributed by atoms with Gasteiger partial charge in [-0.1, -0.05) is 37.5 Å². The molecule has 0 spiro atoms. The van der Waals surface area contributed by atoms with Crippen LogP contribution in [-0.4, -0.2) is 50.0 Å². The predicted molar refractivity (Wildman–Crippen MR) is 105 cm³/mol. The molecule has 1 atom stereocenters. The van der Waals surface area contributed by atoms with E-state index in [2.05, 4.69) is 10.6 Å². The summed E-state index contributed by atoms with van der Waals surface area (Å²) in [7, 11) is 1.65. The molecule has 3 rings (SSSR count). The Hall–Kier alpha value is -2.08. The van der Waals surface area contributed by atoms with E-state index in [9.17, 15) is 9.59 Å². The van der Waals surface area contributed by atoms with E-state index in [-0.39, 0.29) is 24.4 Å². The van der Waals surface area contributed by atoms with Crippen LogP contribution in [0.4, 0.5) is 0 Å². The quantitative estimate of drug-likeness (QED) is 0.802. The molecule has 0 aromatic heterocycles. The van der Waals surface area contributed by atoms with Crippen molar-refractivity contribution in [2.45, 2.75) is 44.6 Å². The van der Waals surface area contributed by atoms with Gasteiger partial charge in [0.25, 0.3) is 0 Å². The number of rotatable bonds is 6. The minimum absolute atomic E-state index is 0.000717. The number of amides is 2. The van der Waals surface area contributed by atoms with Gasteiger partial charge in [-0.15, -0.1) is 0 Å². The van der Waals surface area contributed by atoms with Crippen LogP contribution < -0.4 is 15.4 Å². The fraction of sp³-hybridized carbons (Fsp3) is 0.619. The highest BCUT2D eigenvalue weighted by molar-refractivity contribution is 5.85. The minimum atomic E-state index is -0.0855. The van der Waals surface area contributed by atoms with Crippen LogP contribution in [0, 0.1) is 5.92 Å². The Morgan fingerprint density at radius 1 is 1.22 bits per heavy atom. The highest BCUT2D eigenvalue weighted by Crippen LogP contribution is 2.30. The Bertz CT molecular complexity index is 643. The molecule has 1 aliphatic heterocycles. The second-order valence-electron chi connectivity index (χ2n) is 7.53. The summed E-state index contributed by atoms with van der Waals surface area (Å²) in [6, 6.07) is 7.71. The molecule has 6 heteroatoms. The van der Waals surface area contributed by atoms with Gasteiger partial charge in [0.15, 0.2) is 0 Å². The largest absolute Gasteiger partial charge is 0.496 e. The first-order valence-electron chi connectivity index (χ1n) is 10.1. The van der Waals surface area contributed by atoms with Crippen molar-refractivity contribution in [3.8, 4) is 5.75 Å². The molecule has 0 radical (unpaired) electrons. The third-order valence-corrected chi connectivity index (χ3v) is 5.70. The molecule has 2 amide bonds. The first-order valence-corrected chi connectivity index (χ1v) is 10.1. The molecule has 148 valence electrons. The molecule has 27 heavy (non-hydrogen) atoms. The van der Waals surface area contributed by atoms with Crippen LogP contribution in [0.3, 0.4) is 0 Å². The first kappa shape index (κ1) is 19.7. The van der Waals surface area contributed by atoms with Crippen molar-refractivity contribution >= 4 is 11.8 Å². The van der Waals surface area contributed by atoms with Crippen molar-refractivity contribution in [2.24, 2.45) is 5.92 Å². The van der Waals surface area contributed by atoms with E-state index in [1.165, 1.54) is 19.3 Å². The zero-order valence-electron chi connectivity index (χ0n) is 16.2. The summed E-state index contributed by atoms with van der Waals surface area (Å²) in [6.45, 7) is 2.13. The Kier molecular flexibility index (Phi) is 7.10. The molecule has 1 saturated carbocycles. The normalized spacial score (nSPS) is 20.9. The number of carbonyl (C=O) groups is 2. The Morgan fingerprint density at radius 2 is 2.00 bits per heavy atom. The Morgan fingerprint density at radius 3 is 2.78 bits per heavy atom. The summed E-state index contributed by atoms with van der Waals surface area (Å²) in [4.78, 5) is 26.9. The average molecular weight is 373 g/mol. The molecule has 1 aromatic rings. The van der Waals surface area contributed by atoms with E-state index in [4.69, 9.17) is 4.74 Å². The zero-order valence-corrected chi connectivity index (χ0v) is 16.2. The maximum absolute atomic E-state index is 12.8. The SMILES string of the molecule is COc1ccccc1C1CNCCN1C(=O)CNC(=O)CC1CCCCC1. The molecule has 1 unspecified atom stereocenters. The molecule has 6 nitrogen and oxygen atoms in total. The molecule has 2 N–H and O–H groups in total. The summed E-state index contributed by atoms with van der Waals surface area (Å²) in [5.41, 5.74) is 0.995. The number of methoxy groups -OCH3 is 1. The standard InChI is InChI=1S/C21H31N3O3/c1-27-19-10-6-5-9-17(19)18-14-22-11-12-24(18)21(26)15-23-20(25)13-16-7-3-2-4-8-16/h5-6,9-10,16,18,22H,2-4,7-8,11-15H2,1H3,(H,23,25). The number of para-hydroxylation sites is 1. The highest BCUT2D eigenvalue weighted by Gasteiger charge is 2.30. The van der Waals surface area contributed by atoms with Crippen LogP contribution in [0.15, 0.2) is 24.3 Å². The smallest absolute Gasteiger partial charge is 0.242 e. The Labute approximate surface area is 161 Å². The zero-order chi connectivity index (χ0) is 19.1. The van der Waals surface area contributed by atoms with E-state index in [0.717, 1.165) is 30.7 Å². The second kappa shape index (κ2) is 9.74. The Balaban J connectivity index is 1.57. The number of hydrogen-bond donors (Lipinski definition) is 2. The first-order chi connectivity index (χ1) is 13.2. The van der Waals surface area contributed by atoms with Crippen molar-refractivity contribution < 1.29 is 14.3 Å². The van der Waals surface area contributed by atoms with Crippen LogP contribution in [0.25, 0.3) is 0 Å². The highest BCUT2D eigenvalue weighted by atomic mass is 16.5. The summed E-state index contributed by atoms with van der Waals surface area (Å²) in [5, 5.41) is 6.20. The van der Waals surface area contributed by atoms with Gasteiger partial charge in [-0.3, -0.25) is 9.59 Å². The number of ether oxygens (including phenoxy) is 1. The molecule has 2 fully saturated rings. The number of piperazine rings is 1. The van der Waals surface area contributed by atoms with Crippen molar-refractivity contribution in [1.29, 1.82) is 0 Å². The molecule has 1 heterocycles. The minimum Gasteiger partial charge on any atom is -0.496 e. The van der Waals surface area contributed by atoms with E-state index < -0.39 is 0 Å². The van der Waals surface area contributed by atoms with Crippen LogP contribution >= 0.6 is 0 Å². The van der Waals surface area contributed by atoms with Gasteiger partial charge in [-0.25, -0.2) is 0 Å². The average Bonchev–Trinajstić information content (AvgIpc) is 2.72. The lowest BCUT2D eigenvalue weighted by molar-refractivity contribution is -0.136. The monoisotopic (exact) mass is 373 g/mol. The molecule has 1 aliphatic carbocycles. The fourth-order valence-corrected chi connectivity index (χ4v) is 4.22. The van der Waals surface area contributed by atoms with Crippen molar-refractivity contribution in [3.63, 3.8) is 0 Å². The van der Waals surface area contributed by atoms with Gasteiger partial charge >= 0.3 is 0 Å². The third-order valence-electron chi connectivity index (χ3n) is 5.70. The summed E-state index contributed by atoms with van der Waals surface area (Å²) in [6.07, 6.45) is 6.54. The number of carbonyl (C=O) groups excluding carboxylic acids is 2. The number of nitrogens with zero attached hydrogens (tertiary/aromatic N) is 1. The van der Waals surface area contributed by atoms with Gasteiger partial charge in [0.1, 0.15) is 5.75 Å². The summed E-state index contributed by atoms with van der Waals surface area (Å²) < 4.78 is 5.47. The van der Waals surface area contributed by atoms with Gasteiger partial charge in [0.05, 0.1) is 19.7 Å². The number of benzene rings is 1. The lowest BCUT2D eigenvalue weighted by Gasteiger charge is -2.37. The molecular formula is C21H31N3O3. The maximum Gasteiger partial charge on any atom is 0.242 e. The van der Waals surface area contributed by atoms with Gasteiger partial charge in [-0.2, -0.15) is 0 Å². The van der Waals surface area contributed by atoms with Gasteiger partial charge in [0, 0.05) is 31.6 Å². The number of hydrogen-bond acceptors (Lipinski definition) is 4. The van der Waals surface area contributed by atoms with Gasteiger partial charge < -0.3 is 20.3 Å². The van der Waals surface area contributed by atoms with E-state index in [1.807, 2.05) is 29.2 Å². The van der Waals surface area contributed by atoms with Crippen LogP contribution in [0.2, 0.25) is 0 Å². The van der Waals surface area contributed by atoms with Crippen LogP contribution in [0.1, 0.15) is 50.1 Å². The molecular weight excluding hydrogens is 342 g/mol. The van der Waals surface area contributed by atoms with E-state index in [0.29, 0.717) is 25.4 Å². The molecule has 1 aromatic carbocycles. The fourth-order valence-electron chi connectivity index (χ4n) is 4.22. The van der Waals surface area contributed by atoms with Crippen molar-refractivity contribution in [2.75, 3.05) is 33.3 Å². The van der Waals surface area contributed by atoms with Gasteiger partial charge in [-0.05, 0) is 24.8 Å². The van der Waals surface area contributed by atoms with Crippen LogP contribution in [0.5, 0.6) is 5.75 Å². The molecule has 0 bridgehead atoms. The van der Waals surface area contributed by atoms with Crippen molar-refractivity contribution in [1.82, 2.24) is 15.5 Å². The van der Waals surface area contributed by atoms with E-state index >= 15 is 0 Å². The lowest BCUT2D eigenvalue weighted by Crippen LogP contribution is -2.51. The molecule has 2 aliphatic rings. The summed E-state index contributed by atoms with van der Waals surface area (Å²) >= 11 is 0. The maximum atomic E-state index is 12.8. The van der Waals surface area contributed by atoms with E-state index in [1.54, 1.807) is 7.11 Å².